The topological polar surface area (TPSA) is 72.9 Å². The monoisotopic (exact) mass is 408 g/mol. The molecule has 1 fully saturated rings. The molecule has 0 bridgehead atoms. The van der Waals surface area contributed by atoms with Gasteiger partial charge >= 0.3 is 0 Å². The maximum Gasteiger partial charge on any atom is 0.261 e. The van der Waals surface area contributed by atoms with E-state index in [1.807, 2.05) is 18.5 Å². The molecule has 0 radical (unpaired) electrons. The molecular formula is C21H21ClN6O. The third kappa shape index (κ3) is 3.75. The Bertz CT molecular complexity index is 1130. The number of imidazole rings is 1. The number of nitrogens with zero attached hydrogens (tertiary/aromatic N) is 6. The number of aromatic nitrogens is 5. The Morgan fingerprint density at radius 1 is 1.03 bits per heavy atom. The Labute approximate surface area is 173 Å². The lowest BCUT2D eigenvalue weighted by molar-refractivity contribution is 0.221. The van der Waals surface area contributed by atoms with E-state index in [2.05, 4.69) is 35.6 Å². The predicted octanol–water partition coefficient (Wildman–Crippen LogP) is 4.29. The van der Waals surface area contributed by atoms with Gasteiger partial charge in [0.1, 0.15) is 5.15 Å². The summed E-state index contributed by atoms with van der Waals surface area (Å²) in [6.45, 7) is 4.42. The second kappa shape index (κ2) is 7.93. The fourth-order valence-electron chi connectivity index (χ4n) is 3.81. The number of benzene rings is 1. The van der Waals surface area contributed by atoms with Crippen LogP contribution in [-0.2, 0) is 6.54 Å². The lowest BCUT2D eigenvalue weighted by Gasteiger charge is -2.26. The fraction of sp³-hybridized carbons (Fsp3) is 0.333. The summed E-state index contributed by atoms with van der Waals surface area (Å²) >= 11 is 6.13. The Hall–Kier alpha value is -2.77. The van der Waals surface area contributed by atoms with E-state index in [4.69, 9.17) is 16.1 Å². The highest BCUT2D eigenvalue weighted by Gasteiger charge is 2.15. The van der Waals surface area contributed by atoms with E-state index in [1.165, 1.54) is 32.4 Å². The van der Waals surface area contributed by atoms with Gasteiger partial charge in [0.05, 0.1) is 22.9 Å². The van der Waals surface area contributed by atoms with Crippen molar-refractivity contribution in [2.24, 2.45) is 0 Å². The zero-order valence-electron chi connectivity index (χ0n) is 16.0. The highest BCUT2D eigenvalue weighted by molar-refractivity contribution is 6.31. The molecule has 148 valence electrons. The maximum atomic E-state index is 6.13. The third-order valence-corrected chi connectivity index (χ3v) is 5.70. The van der Waals surface area contributed by atoms with Gasteiger partial charge in [-0.2, -0.15) is 4.98 Å². The summed E-state index contributed by atoms with van der Waals surface area (Å²) < 4.78 is 7.61. The molecule has 3 aromatic heterocycles. The van der Waals surface area contributed by atoms with E-state index in [1.54, 1.807) is 18.3 Å². The number of hydrogen-bond acceptors (Lipinski definition) is 6. The van der Waals surface area contributed by atoms with Crippen molar-refractivity contribution in [1.82, 2.24) is 29.6 Å². The van der Waals surface area contributed by atoms with Gasteiger partial charge < -0.3 is 14.0 Å². The molecule has 1 saturated heterocycles. The molecular weight excluding hydrogens is 388 g/mol. The van der Waals surface area contributed by atoms with Crippen LogP contribution in [0.3, 0.4) is 0 Å². The number of likely N-dealkylation sites (tertiary alicyclic amines) is 1. The molecule has 0 atom stereocenters. The van der Waals surface area contributed by atoms with E-state index >= 15 is 0 Å². The van der Waals surface area contributed by atoms with Crippen molar-refractivity contribution in [1.29, 1.82) is 0 Å². The molecule has 1 aromatic carbocycles. The van der Waals surface area contributed by atoms with E-state index in [-0.39, 0.29) is 0 Å². The third-order valence-electron chi connectivity index (χ3n) is 5.40. The first kappa shape index (κ1) is 18.3. The number of pyridine rings is 1. The molecule has 4 aromatic rings. The Balaban J connectivity index is 1.36. The summed E-state index contributed by atoms with van der Waals surface area (Å²) in [5, 5.41) is 4.44. The maximum absolute atomic E-state index is 6.13. The van der Waals surface area contributed by atoms with Crippen LogP contribution in [0.25, 0.3) is 33.9 Å². The van der Waals surface area contributed by atoms with Crippen LogP contribution in [0.15, 0.2) is 47.4 Å². The first-order valence-corrected chi connectivity index (χ1v) is 10.3. The molecule has 5 rings (SSSR count). The number of rotatable bonds is 5. The molecule has 8 heteroatoms. The first-order valence-electron chi connectivity index (χ1n) is 9.90. The van der Waals surface area contributed by atoms with Crippen LogP contribution in [0, 0.1) is 0 Å². The molecule has 29 heavy (non-hydrogen) atoms. The summed E-state index contributed by atoms with van der Waals surface area (Å²) in [5.74, 6) is 0.856. The Kier molecular flexibility index (Phi) is 4.99. The number of halogens is 1. The molecule has 7 nitrogen and oxygen atoms in total. The normalized spacial score (nSPS) is 15.2. The molecule has 1 aliphatic rings. The van der Waals surface area contributed by atoms with E-state index < -0.39 is 0 Å². The van der Waals surface area contributed by atoms with E-state index in [0.29, 0.717) is 22.4 Å². The van der Waals surface area contributed by atoms with E-state index in [9.17, 15) is 0 Å². The van der Waals surface area contributed by atoms with E-state index in [0.717, 1.165) is 29.7 Å². The highest BCUT2D eigenvalue weighted by atomic mass is 35.5. The quantitative estimate of drug-likeness (QED) is 0.459. The molecule has 0 amide bonds. The second-order valence-electron chi connectivity index (χ2n) is 7.31. The van der Waals surface area contributed by atoms with Gasteiger partial charge in [0, 0.05) is 24.8 Å². The Morgan fingerprint density at radius 2 is 1.93 bits per heavy atom. The molecule has 4 heterocycles. The average Bonchev–Trinajstić information content (AvgIpc) is 3.40. The van der Waals surface area contributed by atoms with Gasteiger partial charge in [0.15, 0.2) is 0 Å². The van der Waals surface area contributed by atoms with Crippen LogP contribution in [0.5, 0.6) is 0 Å². The molecule has 0 N–H and O–H groups in total. The van der Waals surface area contributed by atoms with Crippen molar-refractivity contribution in [2.75, 3.05) is 19.6 Å². The standard InChI is InChI=1S/C21H21ClN6O/c22-19-16(5-4-8-23-19)21-25-20(26-29-21)15-6-7-18-17(13-15)24-14-28(18)12-11-27-9-2-1-3-10-27/h4-8,13-14H,1-3,9-12H2. The minimum absolute atomic E-state index is 0.339. The highest BCUT2D eigenvalue weighted by Crippen LogP contribution is 2.28. The van der Waals surface area contributed by atoms with Crippen LogP contribution in [0.2, 0.25) is 5.15 Å². The molecule has 0 saturated carbocycles. The molecule has 0 spiro atoms. The van der Waals surface area contributed by atoms with Crippen molar-refractivity contribution < 1.29 is 4.52 Å². The SMILES string of the molecule is Clc1ncccc1-c1nc(-c2ccc3c(c2)ncn3CCN2CCCCC2)no1. The van der Waals surface area contributed by atoms with Crippen molar-refractivity contribution in [3.05, 3.63) is 48.0 Å². The molecule has 0 aliphatic carbocycles. The number of fused-ring (bicyclic) bond motifs is 1. The van der Waals surface area contributed by atoms with Gasteiger partial charge in [0.2, 0.25) is 5.82 Å². The Morgan fingerprint density at radius 3 is 2.79 bits per heavy atom. The fourth-order valence-corrected chi connectivity index (χ4v) is 4.01. The minimum atomic E-state index is 0.339. The number of hydrogen-bond donors (Lipinski definition) is 0. The smallest absolute Gasteiger partial charge is 0.261 e. The van der Waals surface area contributed by atoms with Crippen molar-refractivity contribution in [3.63, 3.8) is 0 Å². The lowest BCUT2D eigenvalue weighted by Crippen LogP contribution is -2.32. The van der Waals surface area contributed by atoms with Crippen LogP contribution >= 0.6 is 11.6 Å². The first-order chi connectivity index (χ1) is 14.3. The zero-order chi connectivity index (χ0) is 19.6. The zero-order valence-corrected chi connectivity index (χ0v) is 16.7. The van der Waals surface area contributed by atoms with Gasteiger partial charge in [-0.1, -0.05) is 23.2 Å². The summed E-state index contributed by atoms with van der Waals surface area (Å²) in [4.78, 5) is 15.6. The predicted molar refractivity (Wildman–Crippen MR) is 112 cm³/mol. The molecule has 1 aliphatic heterocycles. The number of piperidine rings is 1. The van der Waals surface area contributed by atoms with Crippen LogP contribution < -0.4 is 0 Å². The van der Waals surface area contributed by atoms with Gasteiger partial charge in [-0.05, 0) is 56.3 Å². The summed E-state index contributed by atoms with van der Waals surface area (Å²) in [5.41, 5.74) is 3.52. The van der Waals surface area contributed by atoms with Crippen molar-refractivity contribution in [2.45, 2.75) is 25.8 Å². The minimum Gasteiger partial charge on any atom is -0.333 e. The van der Waals surface area contributed by atoms with Crippen LogP contribution in [-0.4, -0.2) is 49.2 Å². The largest absolute Gasteiger partial charge is 0.333 e. The van der Waals surface area contributed by atoms with Gasteiger partial charge in [-0.25, -0.2) is 9.97 Å². The van der Waals surface area contributed by atoms with Gasteiger partial charge in [0.25, 0.3) is 5.89 Å². The average molecular weight is 409 g/mol. The van der Waals surface area contributed by atoms with Crippen molar-refractivity contribution in [3.8, 4) is 22.8 Å². The van der Waals surface area contributed by atoms with Gasteiger partial charge in [-0.3, -0.25) is 0 Å². The van der Waals surface area contributed by atoms with Crippen LogP contribution in [0.1, 0.15) is 19.3 Å². The summed E-state index contributed by atoms with van der Waals surface area (Å²) in [6.07, 6.45) is 7.52. The summed E-state index contributed by atoms with van der Waals surface area (Å²) in [7, 11) is 0. The van der Waals surface area contributed by atoms with Crippen LogP contribution in [0.4, 0.5) is 0 Å². The second-order valence-corrected chi connectivity index (χ2v) is 7.67. The van der Waals surface area contributed by atoms with Gasteiger partial charge in [-0.15, -0.1) is 0 Å². The van der Waals surface area contributed by atoms with Crippen molar-refractivity contribution >= 4 is 22.6 Å². The molecule has 0 unspecified atom stereocenters. The lowest BCUT2D eigenvalue weighted by atomic mass is 10.1. The summed E-state index contributed by atoms with van der Waals surface area (Å²) in [6, 6.07) is 9.65.